The molecule has 0 heterocycles. The number of ether oxygens (including phenoxy) is 1. The van der Waals surface area contributed by atoms with Crippen molar-refractivity contribution in [3.05, 3.63) is 64.7 Å². The van der Waals surface area contributed by atoms with E-state index in [1.165, 1.54) is 11.1 Å². The van der Waals surface area contributed by atoms with Crippen molar-refractivity contribution in [1.82, 2.24) is 5.32 Å². The van der Waals surface area contributed by atoms with Crippen LogP contribution in [0.15, 0.2) is 42.5 Å². The molecule has 1 N–H and O–H groups in total. The number of methoxy groups -OCH3 is 1. The summed E-state index contributed by atoms with van der Waals surface area (Å²) < 4.78 is 5.34. The average molecular weight is 311 g/mol. The smallest absolute Gasteiger partial charge is 0.224 e. The number of rotatable bonds is 6. The van der Waals surface area contributed by atoms with Crippen molar-refractivity contribution in [1.29, 1.82) is 0 Å². The normalized spacial score (nSPS) is 11.8. The Labute approximate surface area is 138 Å². The number of benzene rings is 2. The minimum Gasteiger partial charge on any atom is -0.496 e. The zero-order valence-corrected chi connectivity index (χ0v) is 14.3. The van der Waals surface area contributed by atoms with Gasteiger partial charge in [-0.25, -0.2) is 0 Å². The average Bonchev–Trinajstić information content (AvgIpc) is 2.49. The van der Waals surface area contributed by atoms with Gasteiger partial charge in [0.15, 0.2) is 0 Å². The third-order valence-corrected chi connectivity index (χ3v) is 3.98. The van der Waals surface area contributed by atoms with Crippen molar-refractivity contribution in [2.75, 3.05) is 7.11 Å². The summed E-state index contributed by atoms with van der Waals surface area (Å²) in [5, 5.41) is 3.08. The van der Waals surface area contributed by atoms with Gasteiger partial charge in [0.05, 0.1) is 13.5 Å². The van der Waals surface area contributed by atoms with E-state index < -0.39 is 0 Å². The number of hydrogen-bond donors (Lipinski definition) is 1. The number of aryl methyl sites for hydroxylation is 2. The summed E-state index contributed by atoms with van der Waals surface area (Å²) >= 11 is 0. The molecule has 0 saturated heterocycles. The highest BCUT2D eigenvalue weighted by molar-refractivity contribution is 5.79. The molecule has 0 aliphatic heterocycles. The molecule has 122 valence electrons. The Kier molecular flexibility index (Phi) is 5.80. The maximum atomic E-state index is 12.3. The van der Waals surface area contributed by atoms with Crippen LogP contribution in [0, 0.1) is 13.8 Å². The van der Waals surface area contributed by atoms with Crippen LogP contribution in [0.4, 0.5) is 0 Å². The third-order valence-electron chi connectivity index (χ3n) is 3.98. The van der Waals surface area contributed by atoms with Crippen LogP contribution in [0.3, 0.4) is 0 Å². The number of hydrogen-bond acceptors (Lipinski definition) is 2. The molecular formula is C20H25NO2. The van der Waals surface area contributed by atoms with Crippen LogP contribution >= 0.6 is 0 Å². The monoisotopic (exact) mass is 311 g/mol. The van der Waals surface area contributed by atoms with Gasteiger partial charge in [-0.2, -0.15) is 0 Å². The van der Waals surface area contributed by atoms with Gasteiger partial charge in [0, 0.05) is 11.6 Å². The summed E-state index contributed by atoms with van der Waals surface area (Å²) in [5.41, 5.74) is 4.58. The first kappa shape index (κ1) is 17.1. The number of carbonyl (C=O) groups is 1. The quantitative estimate of drug-likeness (QED) is 0.885. The fraction of sp³-hybridized carbons (Fsp3) is 0.350. The Morgan fingerprint density at radius 1 is 1.13 bits per heavy atom. The molecule has 0 aliphatic rings. The molecule has 0 bridgehead atoms. The molecule has 0 spiro atoms. The third kappa shape index (κ3) is 4.85. The van der Waals surface area contributed by atoms with Crippen molar-refractivity contribution in [3.8, 4) is 5.75 Å². The second-order valence-electron chi connectivity index (χ2n) is 6.09. The van der Waals surface area contributed by atoms with Crippen molar-refractivity contribution in [2.45, 2.75) is 39.7 Å². The van der Waals surface area contributed by atoms with Crippen LogP contribution in [-0.2, 0) is 17.6 Å². The van der Waals surface area contributed by atoms with E-state index in [-0.39, 0.29) is 11.9 Å². The highest BCUT2D eigenvalue weighted by atomic mass is 16.5. The lowest BCUT2D eigenvalue weighted by Crippen LogP contribution is -2.35. The predicted molar refractivity (Wildman–Crippen MR) is 93.9 cm³/mol. The Morgan fingerprint density at radius 2 is 1.87 bits per heavy atom. The van der Waals surface area contributed by atoms with Gasteiger partial charge < -0.3 is 10.1 Å². The molecule has 3 nitrogen and oxygen atoms in total. The number of amides is 1. The minimum atomic E-state index is 0.0231. The molecule has 23 heavy (non-hydrogen) atoms. The van der Waals surface area contributed by atoms with Crippen LogP contribution in [-0.4, -0.2) is 19.1 Å². The largest absolute Gasteiger partial charge is 0.496 e. The lowest BCUT2D eigenvalue weighted by Gasteiger charge is -2.16. The highest BCUT2D eigenvalue weighted by Crippen LogP contribution is 2.20. The van der Waals surface area contributed by atoms with Crippen LogP contribution < -0.4 is 10.1 Å². The first-order valence-corrected chi connectivity index (χ1v) is 7.97. The van der Waals surface area contributed by atoms with E-state index in [2.05, 4.69) is 24.4 Å². The van der Waals surface area contributed by atoms with Crippen LogP contribution in [0.2, 0.25) is 0 Å². The molecule has 1 amide bonds. The zero-order valence-electron chi connectivity index (χ0n) is 14.3. The first-order valence-electron chi connectivity index (χ1n) is 7.97. The summed E-state index contributed by atoms with van der Waals surface area (Å²) in [7, 11) is 1.63. The van der Waals surface area contributed by atoms with E-state index >= 15 is 0 Å². The minimum absolute atomic E-state index is 0.0231. The topological polar surface area (TPSA) is 38.3 Å². The summed E-state index contributed by atoms with van der Waals surface area (Å²) in [5.74, 6) is 0.785. The second kappa shape index (κ2) is 7.82. The van der Waals surface area contributed by atoms with Gasteiger partial charge in [0.25, 0.3) is 0 Å². The molecule has 2 aromatic carbocycles. The molecule has 0 unspecified atom stereocenters. The maximum Gasteiger partial charge on any atom is 0.224 e. The maximum absolute atomic E-state index is 12.3. The summed E-state index contributed by atoms with van der Waals surface area (Å²) in [6, 6.07) is 14.3. The van der Waals surface area contributed by atoms with Gasteiger partial charge in [-0.05, 0) is 44.4 Å². The van der Waals surface area contributed by atoms with Crippen molar-refractivity contribution < 1.29 is 9.53 Å². The van der Waals surface area contributed by atoms with Crippen LogP contribution in [0.5, 0.6) is 5.75 Å². The summed E-state index contributed by atoms with van der Waals surface area (Å²) in [6.45, 7) is 6.15. The predicted octanol–water partition coefficient (Wildman–Crippen LogP) is 3.60. The van der Waals surface area contributed by atoms with Crippen LogP contribution in [0.1, 0.15) is 29.2 Å². The van der Waals surface area contributed by atoms with Crippen LogP contribution in [0.25, 0.3) is 0 Å². The van der Waals surface area contributed by atoms with Crippen molar-refractivity contribution in [3.63, 3.8) is 0 Å². The Hall–Kier alpha value is -2.29. The molecule has 2 aromatic rings. The standard InChI is InChI=1S/C20H25NO2/c1-14-9-10-19(23-4)18(11-14)13-20(22)21-16(3)12-17-8-6-5-7-15(17)2/h5-11,16H,12-13H2,1-4H3,(H,21,22)/t16-/m1/s1. The molecule has 0 aromatic heterocycles. The molecule has 2 rings (SSSR count). The number of nitrogens with one attached hydrogen (secondary N) is 1. The van der Waals surface area contributed by atoms with Gasteiger partial charge in [-0.1, -0.05) is 42.0 Å². The van der Waals surface area contributed by atoms with Gasteiger partial charge in [-0.3, -0.25) is 4.79 Å². The zero-order chi connectivity index (χ0) is 16.8. The highest BCUT2D eigenvalue weighted by Gasteiger charge is 2.12. The van der Waals surface area contributed by atoms with Crippen molar-refractivity contribution >= 4 is 5.91 Å². The molecule has 3 heteroatoms. The Morgan fingerprint density at radius 3 is 2.57 bits per heavy atom. The lowest BCUT2D eigenvalue weighted by molar-refractivity contribution is -0.121. The van der Waals surface area contributed by atoms with Gasteiger partial charge in [0.2, 0.25) is 5.91 Å². The second-order valence-corrected chi connectivity index (χ2v) is 6.09. The van der Waals surface area contributed by atoms with Gasteiger partial charge in [0.1, 0.15) is 5.75 Å². The van der Waals surface area contributed by atoms with E-state index in [9.17, 15) is 4.79 Å². The number of carbonyl (C=O) groups excluding carboxylic acids is 1. The molecule has 0 radical (unpaired) electrons. The van der Waals surface area contributed by atoms with Crippen molar-refractivity contribution in [2.24, 2.45) is 0 Å². The summed E-state index contributed by atoms with van der Waals surface area (Å²) in [4.78, 5) is 12.3. The Bertz CT molecular complexity index is 679. The summed E-state index contributed by atoms with van der Waals surface area (Å²) in [6.07, 6.45) is 1.17. The Balaban J connectivity index is 1.97. The molecule has 1 atom stereocenters. The van der Waals surface area contributed by atoms with E-state index in [4.69, 9.17) is 4.74 Å². The molecule has 0 fully saturated rings. The van der Waals surface area contributed by atoms with E-state index in [0.717, 1.165) is 23.3 Å². The molecule has 0 aliphatic carbocycles. The fourth-order valence-electron chi connectivity index (χ4n) is 2.76. The van der Waals surface area contributed by atoms with E-state index in [1.54, 1.807) is 7.11 Å². The SMILES string of the molecule is COc1ccc(C)cc1CC(=O)N[C@H](C)Cc1ccccc1C. The molecule has 0 saturated carbocycles. The van der Waals surface area contributed by atoms with E-state index in [1.807, 2.05) is 44.2 Å². The van der Waals surface area contributed by atoms with E-state index in [0.29, 0.717) is 6.42 Å². The first-order chi connectivity index (χ1) is 11.0. The molecular weight excluding hydrogens is 286 g/mol. The van der Waals surface area contributed by atoms with Gasteiger partial charge >= 0.3 is 0 Å². The van der Waals surface area contributed by atoms with Gasteiger partial charge in [-0.15, -0.1) is 0 Å². The fourth-order valence-corrected chi connectivity index (χ4v) is 2.76. The lowest BCUT2D eigenvalue weighted by atomic mass is 10.0.